The summed E-state index contributed by atoms with van der Waals surface area (Å²) in [5, 5.41) is 16.9. The molecule has 1 aromatic carbocycles. The number of halogens is 1. The van der Waals surface area contributed by atoms with Gasteiger partial charge in [-0.15, -0.1) is 0 Å². The van der Waals surface area contributed by atoms with Crippen LogP contribution in [0.2, 0.25) is 0 Å². The van der Waals surface area contributed by atoms with Gasteiger partial charge in [0.2, 0.25) is 0 Å². The molecule has 0 aliphatic carbocycles. The average Bonchev–Trinajstić information content (AvgIpc) is 2.87. The van der Waals surface area contributed by atoms with Crippen LogP contribution in [0.1, 0.15) is 25.8 Å². The van der Waals surface area contributed by atoms with E-state index in [1.807, 2.05) is 27.1 Å². The molecule has 6 heteroatoms. The quantitative estimate of drug-likeness (QED) is 0.779. The molecule has 0 saturated heterocycles. The molecule has 2 aromatic rings. The highest BCUT2D eigenvalue weighted by Crippen LogP contribution is 2.22. The molecule has 0 spiro atoms. The Hall–Kier alpha value is -2.21. The first-order chi connectivity index (χ1) is 11.4. The molecular formula is C18H24FN3O2. The fourth-order valence-corrected chi connectivity index (χ4v) is 2.74. The molecule has 5 nitrogen and oxygen atoms in total. The number of hydrogen-bond donors (Lipinski definition) is 2. The molecule has 1 aromatic heterocycles. The lowest BCUT2D eigenvalue weighted by Crippen LogP contribution is -2.29. The second-order valence-corrected chi connectivity index (χ2v) is 6.48. The number of nitrogens with one attached hydrogen (secondary N) is 1. The van der Waals surface area contributed by atoms with Crippen molar-refractivity contribution in [2.75, 3.05) is 6.54 Å². The van der Waals surface area contributed by atoms with Crippen LogP contribution in [0.15, 0.2) is 30.5 Å². The molecule has 0 bridgehead atoms. The normalized spacial score (nSPS) is 12.5. The van der Waals surface area contributed by atoms with Crippen molar-refractivity contribution in [1.82, 2.24) is 15.1 Å². The Kier molecular flexibility index (Phi) is 6.09. The zero-order chi connectivity index (χ0) is 17.7. The van der Waals surface area contributed by atoms with Crippen molar-refractivity contribution < 1.29 is 14.3 Å². The molecule has 0 aliphatic rings. The fourth-order valence-electron chi connectivity index (χ4n) is 2.74. The maximum absolute atomic E-state index is 13.1. The number of hydrogen-bond acceptors (Lipinski definition) is 3. The van der Waals surface area contributed by atoms with Gasteiger partial charge in [-0.1, -0.05) is 13.8 Å². The summed E-state index contributed by atoms with van der Waals surface area (Å²) < 4.78 is 14.8. The van der Waals surface area contributed by atoms with Gasteiger partial charge in [0.05, 0.1) is 11.6 Å². The van der Waals surface area contributed by atoms with Gasteiger partial charge in [-0.25, -0.2) is 4.39 Å². The Balaban J connectivity index is 2.05. The summed E-state index contributed by atoms with van der Waals surface area (Å²) >= 11 is 0. The SMILES string of the molecule is CC(C)CC(CNCc1cn(C)nc1-c1ccc(F)cc1)C(=O)O. The van der Waals surface area contributed by atoms with E-state index < -0.39 is 11.9 Å². The largest absolute Gasteiger partial charge is 0.481 e. The fraction of sp³-hybridized carbons (Fsp3) is 0.444. The van der Waals surface area contributed by atoms with Crippen molar-refractivity contribution in [2.24, 2.45) is 18.9 Å². The van der Waals surface area contributed by atoms with Crippen LogP contribution in [0.3, 0.4) is 0 Å². The smallest absolute Gasteiger partial charge is 0.307 e. The van der Waals surface area contributed by atoms with Crippen LogP contribution >= 0.6 is 0 Å². The van der Waals surface area contributed by atoms with Gasteiger partial charge in [-0.3, -0.25) is 9.48 Å². The van der Waals surface area contributed by atoms with Gasteiger partial charge in [0.15, 0.2) is 0 Å². The van der Waals surface area contributed by atoms with Gasteiger partial charge in [0, 0.05) is 37.5 Å². The van der Waals surface area contributed by atoms with Gasteiger partial charge < -0.3 is 10.4 Å². The van der Waals surface area contributed by atoms with E-state index in [1.165, 1.54) is 12.1 Å². The zero-order valence-corrected chi connectivity index (χ0v) is 14.3. The second kappa shape index (κ2) is 8.06. The number of benzene rings is 1. The zero-order valence-electron chi connectivity index (χ0n) is 14.3. The molecule has 0 amide bonds. The van der Waals surface area contributed by atoms with Crippen LogP contribution < -0.4 is 5.32 Å². The molecule has 1 unspecified atom stereocenters. The molecule has 0 aliphatic heterocycles. The monoisotopic (exact) mass is 333 g/mol. The highest BCUT2D eigenvalue weighted by atomic mass is 19.1. The van der Waals surface area contributed by atoms with Crippen LogP contribution in [0.5, 0.6) is 0 Å². The molecule has 24 heavy (non-hydrogen) atoms. The first-order valence-electron chi connectivity index (χ1n) is 8.08. The number of aryl methyl sites for hydroxylation is 1. The van der Waals surface area contributed by atoms with E-state index in [0.717, 1.165) is 16.8 Å². The molecular weight excluding hydrogens is 309 g/mol. The Morgan fingerprint density at radius 3 is 2.58 bits per heavy atom. The molecule has 1 heterocycles. The maximum atomic E-state index is 13.1. The third kappa shape index (κ3) is 4.89. The first kappa shape index (κ1) is 18.1. The molecule has 0 saturated carbocycles. The van der Waals surface area contributed by atoms with Crippen molar-refractivity contribution >= 4 is 5.97 Å². The van der Waals surface area contributed by atoms with Crippen molar-refractivity contribution in [2.45, 2.75) is 26.8 Å². The van der Waals surface area contributed by atoms with Crippen LogP contribution in [0.25, 0.3) is 11.3 Å². The van der Waals surface area contributed by atoms with Crippen molar-refractivity contribution in [3.63, 3.8) is 0 Å². The van der Waals surface area contributed by atoms with E-state index in [9.17, 15) is 14.3 Å². The van der Waals surface area contributed by atoms with E-state index in [1.54, 1.807) is 16.8 Å². The third-order valence-corrected chi connectivity index (χ3v) is 3.83. The van der Waals surface area contributed by atoms with Crippen molar-refractivity contribution in [3.8, 4) is 11.3 Å². The standard InChI is InChI=1S/C18H24FN3O2/c1-12(2)8-14(18(23)24)9-20-10-15-11-22(3)21-17(15)13-4-6-16(19)7-5-13/h4-7,11-12,14,20H,8-10H2,1-3H3,(H,23,24). The highest BCUT2D eigenvalue weighted by molar-refractivity contribution is 5.70. The number of aliphatic carboxylic acids is 1. The minimum atomic E-state index is -0.777. The summed E-state index contributed by atoms with van der Waals surface area (Å²) in [6.45, 7) is 4.96. The molecule has 130 valence electrons. The van der Waals surface area contributed by atoms with E-state index >= 15 is 0 Å². The van der Waals surface area contributed by atoms with E-state index in [2.05, 4.69) is 10.4 Å². The summed E-state index contributed by atoms with van der Waals surface area (Å²) in [7, 11) is 1.83. The predicted molar refractivity (Wildman–Crippen MR) is 90.9 cm³/mol. The van der Waals surface area contributed by atoms with Gasteiger partial charge in [0.1, 0.15) is 5.82 Å². The third-order valence-electron chi connectivity index (χ3n) is 3.83. The van der Waals surface area contributed by atoms with Crippen LogP contribution in [0, 0.1) is 17.7 Å². The highest BCUT2D eigenvalue weighted by Gasteiger charge is 2.19. The lowest BCUT2D eigenvalue weighted by Gasteiger charge is -2.15. The molecule has 0 fully saturated rings. The average molecular weight is 333 g/mol. The number of carbonyl (C=O) groups is 1. The number of aromatic nitrogens is 2. The number of carboxylic acids is 1. The van der Waals surface area contributed by atoms with Gasteiger partial charge >= 0.3 is 5.97 Å². The van der Waals surface area contributed by atoms with Crippen LogP contribution in [-0.4, -0.2) is 27.4 Å². The van der Waals surface area contributed by atoms with E-state index in [4.69, 9.17) is 0 Å². The molecule has 1 atom stereocenters. The minimum absolute atomic E-state index is 0.285. The maximum Gasteiger partial charge on any atom is 0.307 e. The topological polar surface area (TPSA) is 67.2 Å². The second-order valence-electron chi connectivity index (χ2n) is 6.48. The molecule has 2 rings (SSSR count). The number of nitrogens with zero attached hydrogens (tertiary/aromatic N) is 2. The van der Waals surface area contributed by atoms with Gasteiger partial charge in [-0.2, -0.15) is 5.10 Å². The van der Waals surface area contributed by atoms with Crippen molar-refractivity contribution in [3.05, 3.63) is 41.8 Å². The van der Waals surface area contributed by atoms with Crippen molar-refractivity contribution in [1.29, 1.82) is 0 Å². The Morgan fingerprint density at radius 1 is 1.33 bits per heavy atom. The summed E-state index contributed by atoms with van der Waals surface area (Å²) in [6.07, 6.45) is 2.53. The predicted octanol–water partition coefficient (Wildman–Crippen LogP) is 3.06. The number of carboxylic acid groups (broad SMARTS) is 1. The number of rotatable bonds is 8. The molecule has 2 N–H and O–H groups in total. The van der Waals surface area contributed by atoms with E-state index in [0.29, 0.717) is 25.4 Å². The Bertz CT molecular complexity index is 680. The van der Waals surface area contributed by atoms with Gasteiger partial charge in [-0.05, 0) is 36.6 Å². The summed E-state index contributed by atoms with van der Waals surface area (Å²) in [5.41, 5.74) is 2.57. The lowest BCUT2D eigenvalue weighted by molar-refractivity contribution is -0.142. The van der Waals surface area contributed by atoms with Gasteiger partial charge in [0.25, 0.3) is 0 Å². The Morgan fingerprint density at radius 2 is 2.00 bits per heavy atom. The first-order valence-corrected chi connectivity index (χ1v) is 8.08. The lowest BCUT2D eigenvalue weighted by atomic mass is 9.97. The summed E-state index contributed by atoms with van der Waals surface area (Å²) in [4.78, 5) is 11.3. The van der Waals surface area contributed by atoms with Crippen LogP contribution in [-0.2, 0) is 18.4 Å². The minimum Gasteiger partial charge on any atom is -0.481 e. The summed E-state index contributed by atoms with van der Waals surface area (Å²) in [5.74, 6) is -1.13. The van der Waals surface area contributed by atoms with Crippen LogP contribution in [0.4, 0.5) is 4.39 Å². The summed E-state index contributed by atoms with van der Waals surface area (Å²) in [6, 6.07) is 6.20. The Labute approximate surface area is 141 Å². The molecule has 0 radical (unpaired) electrons. The van der Waals surface area contributed by atoms with E-state index in [-0.39, 0.29) is 5.82 Å².